The molecule has 16 heavy (non-hydrogen) atoms. The van der Waals surface area contributed by atoms with E-state index in [0.717, 1.165) is 23.9 Å². The van der Waals surface area contributed by atoms with Crippen molar-refractivity contribution in [3.05, 3.63) is 18.2 Å². The minimum Gasteiger partial charge on any atom is -0.506 e. The summed E-state index contributed by atoms with van der Waals surface area (Å²) in [5.74, 6) is 6.35. The molecule has 1 aliphatic rings. The van der Waals surface area contributed by atoms with Crippen molar-refractivity contribution >= 4 is 17.0 Å². The molecule has 5 nitrogen and oxygen atoms in total. The van der Waals surface area contributed by atoms with Crippen LogP contribution in [-0.2, 0) is 0 Å². The summed E-state index contributed by atoms with van der Waals surface area (Å²) in [6, 6.07) is 5.75. The second-order valence-electron chi connectivity index (χ2n) is 4.18. The van der Waals surface area contributed by atoms with Crippen LogP contribution < -0.4 is 11.3 Å². The number of nitrogen functional groups attached to an aromatic ring is 1. The number of anilines is 1. The minimum atomic E-state index is 0.262. The Kier molecular flexibility index (Phi) is 2.00. The van der Waals surface area contributed by atoms with Crippen molar-refractivity contribution in [1.82, 2.24) is 9.55 Å². The summed E-state index contributed by atoms with van der Waals surface area (Å²) in [7, 11) is 0. The Labute approximate surface area is 92.9 Å². The molecule has 0 radical (unpaired) electrons. The predicted octanol–water partition coefficient (Wildman–Crippen LogP) is 1.75. The van der Waals surface area contributed by atoms with Crippen molar-refractivity contribution < 1.29 is 5.11 Å². The third-order valence-corrected chi connectivity index (χ3v) is 3.26. The molecule has 3 rings (SSSR count). The van der Waals surface area contributed by atoms with Gasteiger partial charge < -0.3 is 9.67 Å². The summed E-state index contributed by atoms with van der Waals surface area (Å²) in [5.41, 5.74) is 4.16. The van der Waals surface area contributed by atoms with Crippen molar-refractivity contribution in [3.8, 4) is 5.75 Å². The first-order valence-electron chi connectivity index (χ1n) is 5.48. The maximum absolute atomic E-state index is 9.90. The number of rotatable bonds is 2. The van der Waals surface area contributed by atoms with Gasteiger partial charge in [-0.1, -0.05) is 6.07 Å². The van der Waals surface area contributed by atoms with Gasteiger partial charge in [-0.3, -0.25) is 5.43 Å². The van der Waals surface area contributed by atoms with Crippen LogP contribution in [0.1, 0.15) is 25.3 Å². The van der Waals surface area contributed by atoms with Gasteiger partial charge in [-0.15, -0.1) is 0 Å². The number of para-hydroxylation sites is 1. The highest BCUT2D eigenvalue weighted by Crippen LogP contribution is 2.39. The summed E-state index contributed by atoms with van der Waals surface area (Å²) in [4.78, 5) is 4.36. The molecule has 1 aromatic carbocycles. The highest BCUT2D eigenvalue weighted by atomic mass is 16.3. The van der Waals surface area contributed by atoms with E-state index in [-0.39, 0.29) is 5.75 Å². The predicted molar refractivity (Wildman–Crippen MR) is 62.1 cm³/mol. The molecule has 0 spiro atoms. The SMILES string of the molecule is NNc1nc2cccc(O)c2n1C1CCC1. The number of hydrogen-bond donors (Lipinski definition) is 3. The van der Waals surface area contributed by atoms with E-state index < -0.39 is 0 Å². The molecule has 1 fully saturated rings. The van der Waals surface area contributed by atoms with E-state index in [0.29, 0.717) is 12.0 Å². The Morgan fingerprint density at radius 3 is 2.88 bits per heavy atom. The zero-order chi connectivity index (χ0) is 11.1. The largest absolute Gasteiger partial charge is 0.506 e. The van der Waals surface area contributed by atoms with Crippen molar-refractivity contribution in [1.29, 1.82) is 0 Å². The van der Waals surface area contributed by atoms with Gasteiger partial charge in [0.2, 0.25) is 5.95 Å². The Morgan fingerprint density at radius 1 is 1.44 bits per heavy atom. The Balaban J connectivity index is 2.28. The van der Waals surface area contributed by atoms with Crippen LogP contribution in [0.3, 0.4) is 0 Å². The second kappa shape index (κ2) is 3.38. The fourth-order valence-electron chi connectivity index (χ4n) is 2.23. The first kappa shape index (κ1) is 9.47. The fraction of sp³-hybridized carbons (Fsp3) is 0.364. The molecule has 4 N–H and O–H groups in total. The lowest BCUT2D eigenvalue weighted by molar-refractivity contribution is 0.321. The van der Waals surface area contributed by atoms with Gasteiger partial charge in [-0.25, -0.2) is 10.8 Å². The number of nitrogens with one attached hydrogen (secondary N) is 1. The first-order valence-corrected chi connectivity index (χ1v) is 5.48. The first-order chi connectivity index (χ1) is 7.81. The second-order valence-corrected chi connectivity index (χ2v) is 4.18. The van der Waals surface area contributed by atoms with Crippen molar-refractivity contribution in [3.63, 3.8) is 0 Å². The van der Waals surface area contributed by atoms with Crippen LogP contribution in [0.2, 0.25) is 0 Å². The number of phenols is 1. The molecule has 0 aliphatic heterocycles. The lowest BCUT2D eigenvalue weighted by Crippen LogP contribution is -2.21. The third-order valence-electron chi connectivity index (χ3n) is 3.26. The maximum atomic E-state index is 9.90. The molecule has 2 aromatic rings. The Morgan fingerprint density at radius 2 is 2.25 bits per heavy atom. The maximum Gasteiger partial charge on any atom is 0.218 e. The molecule has 1 aliphatic carbocycles. The average molecular weight is 218 g/mol. The molecule has 84 valence electrons. The molecule has 0 unspecified atom stereocenters. The molecule has 0 atom stereocenters. The van der Waals surface area contributed by atoms with Gasteiger partial charge in [0, 0.05) is 6.04 Å². The van der Waals surface area contributed by atoms with Gasteiger partial charge >= 0.3 is 0 Å². The number of hydrazine groups is 1. The van der Waals surface area contributed by atoms with Crippen LogP contribution in [-0.4, -0.2) is 14.7 Å². The van der Waals surface area contributed by atoms with E-state index in [1.54, 1.807) is 12.1 Å². The lowest BCUT2D eigenvalue weighted by atomic mass is 9.93. The van der Waals surface area contributed by atoms with Gasteiger partial charge in [-0.05, 0) is 31.4 Å². The van der Waals surface area contributed by atoms with Crippen molar-refractivity contribution in [2.75, 3.05) is 5.43 Å². The summed E-state index contributed by atoms with van der Waals surface area (Å²) < 4.78 is 2.01. The van der Waals surface area contributed by atoms with Crippen LogP contribution in [0.25, 0.3) is 11.0 Å². The summed E-state index contributed by atoms with van der Waals surface area (Å²) in [6.07, 6.45) is 3.46. The number of phenolic OH excluding ortho intramolecular Hbond substituents is 1. The van der Waals surface area contributed by atoms with Crippen LogP contribution in [0.15, 0.2) is 18.2 Å². The number of nitrogens with zero attached hydrogens (tertiary/aromatic N) is 2. The number of fused-ring (bicyclic) bond motifs is 1. The summed E-state index contributed by atoms with van der Waals surface area (Å²) in [6.45, 7) is 0. The number of aromatic hydroxyl groups is 1. The minimum absolute atomic E-state index is 0.262. The van der Waals surface area contributed by atoms with Crippen LogP contribution >= 0.6 is 0 Å². The molecular formula is C11H14N4O. The average Bonchev–Trinajstić information content (AvgIpc) is 2.56. The highest BCUT2D eigenvalue weighted by Gasteiger charge is 2.25. The molecule has 0 saturated heterocycles. The van der Waals surface area contributed by atoms with Crippen LogP contribution in [0, 0.1) is 0 Å². The normalized spacial score (nSPS) is 16.3. The van der Waals surface area contributed by atoms with Crippen molar-refractivity contribution in [2.24, 2.45) is 5.84 Å². The van der Waals surface area contributed by atoms with Gasteiger partial charge in [-0.2, -0.15) is 0 Å². The van der Waals surface area contributed by atoms with Gasteiger partial charge in [0.25, 0.3) is 0 Å². The Bertz CT molecular complexity index is 530. The number of hydrogen-bond acceptors (Lipinski definition) is 4. The third kappa shape index (κ3) is 1.18. The Hall–Kier alpha value is -1.75. The van der Waals surface area contributed by atoms with E-state index >= 15 is 0 Å². The van der Waals surface area contributed by atoms with E-state index in [1.807, 2.05) is 10.6 Å². The molecule has 0 bridgehead atoms. The standard InChI is InChI=1S/C11H14N4O/c12-14-11-13-8-5-2-6-9(16)10(8)15(11)7-3-1-4-7/h2,5-7,16H,1,3-4,12H2,(H,13,14). The summed E-state index contributed by atoms with van der Waals surface area (Å²) in [5, 5.41) is 9.90. The lowest BCUT2D eigenvalue weighted by Gasteiger charge is -2.28. The quantitative estimate of drug-likeness (QED) is 0.530. The molecule has 1 saturated carbocycles. The number of imidazole rings is 1. The molecule has 1 heterocycles. The van der Waals surface area contributed by atoms with E-state index in [4.69, 9.17) is 5.84 Å². The van der Waals surface area contributed by atoms with Crippen LogP contribution in [0.4, 0.5) is 5.95 Å². The molecule has 1 aromatic heterocycles. The molecule has 5 heteroatoms. The van der Waals surface area contributed by atoms with E-state index in [2.05, 4.69) is 10.4 Å². The fourth-order valence-corrected chi connectivity index (χ4v) is 2.23. The number of benzene rings is 1. The number of aromatic nitrogens is 2. The number of nitrogens with two attached hydrogens (primary N) is 1. The van der Waals surface area contributed by atoms with E-state index in [1.165, 1.54) is 6.42 Å². The smallest absolute Gasteiger partial charge is 0.218 e. The molecule has 0 amide bonds. The van der Waals surface area contributed by atoms with Crippen molar-refractivity contribution in [2.45, 2.75) is 25.3 Å². The van der Waals surface area contributed by atoms with Gasteiger partial charge in [0.1, 0.15) is 11.3 Å². The summed E-state index contributed by atoms with van der Waals surface area (Å²) >= 11 is 0. The van der Waals surface area contributed by atoms with Gasteiger partial charge in [0.05, 0.1) is 5.52 Å². The van der Waals surface area contributed by atoms with Crippen LogP contribution in [0.5, 0.6) is 5.75 Å². The topological polar surface area (TPSA) is 76.1 Å². The van der Waals surface area contributed by atoms with Gasteiger partial charge in [0.15, 0.2) is 0 Å². The zero-order valence-electron chi connectivity index (χ0n) is 8.85. The monoisotopic (exact) mass is 218 g/mol. The zero-order valence-corrected chi connectivity index (χ0v) is 8.85. The molecular weight excluding hydrogens is 204 g/mol. The van der Waals surface area contributed by atoms with E-state index in [9.17, 15) is 5.11 Å². The highest BCUT2D eigenvalue weighted by molar-refractivity contribution is 5.84.